The van der Waals surface area contributed by atoms with E-state index in [1.54, 1.807) is 30.6 Å². The SMILES string of the molecule is CNS(=O)(=O)Cc1ccc(CNc2ncccn2)cc1. The molecule has 1 aromatic heterocycles. The molecule has 0 aliphatic rings. The summed E-state index contributed by atoms with van der Waals surface area (Å²) in [6.07, 6.45) is 3.34. The van der Waals surface area contributed by atoms with Crippen molar-refractivity contribution >= 4 is 16.0 Å². The molecule has 0 radical (unpaired) electrons. The summed E-state index contributed by atoms with van der Waals surface area (Å²) in [5.74, 6) is 0.549. The highest BCUT2D eigenvalue weighted by Gasteiger charge is 2.08. The highest BCUT2D eigenvalue weighted by molar-refractivity contribution is 7.88. The Morgan fingerprint density at radius 3 is 2.25 bits per heavy atom. The maximum atomic E-state index is 11.4. The highest BCUT2D eigenvalue weighted by atomic mass is 32.2. The van der Waals surface area contributed by atoms with E-state index in [1.807, 2.05) is 12.1 Å². The molecule has 7 heteroatoms. The third-order valence-electron chi connectivity index (χ3n) is 2.71. The van der Waals surface area contributed by atoms with Gasteiger partial charge in [0.15, 0.2) is 0 Å². The minimum absolute atomic E-state index is 0.0149. The lowest BCUT2D eigenvalue weighted by molar-refractivity contribution is 0.587. The molecule has 0 aliphatic carbocycles. The van der Waals surface area contributed by atoms with Crippen LogP contribution in [0.25, 0.3) is 0 Å². The lowest BCUT2D eigenvalue weighted by Crippen LogP contribution is -2.20. The van der Waals surface area contributed by atoms with Gasteiger partial charge in [0.2, 0.25) is 16.0 Å². The zero-order valence-corrected chi connectivity index (χ0v) is 11.9. The lowest BCUT2D eigenvalue weighted by Gasteiger charge is -2.06. The Morgan fingerprint density at radius 2 is 1.65 bits per heavy atom. The molecule has 0 saturated heterocycles. The van der Waals surface area contributed by atoms with Gasteiger partial charge in [-0.15, -0.1) is 0 Å². The number of rotatable bonds is 6. The first-order valence-electron chi connectivity index (χ1n) is 6.09. The number of benzene rings is 1. The molecule has 0 amide bonds. The van der Waals surface area contributed by atoms with Gasteiger partial charge in [-0.05, 0) is 24.2 Å². The number of anilines is 1. The van der Waals surface area contributed by atoms with E-state index in [0.717, 1.165) is 11.1 Å². The fourth-order valence-corrected chi connectivity index (χ4v) is 2.39. The Morgan fingerprint density at radius 1 is 1.05 bits per heavy atom. The van der Waals surface area contributed by atoms with Crippen LogP contribution in [0.5, 0.6) is 0 Å². The molecular formula is C13H16N4O2S. The first-order chi connectivity index (χ1) is 9.59. The fourth-order valence-electron chi connectivity index (χ4n) is 1.62. The van der Waals surface area contributed by atoms with Crippen molar-refractivity contribution in [2.24, 2.45) is 0 Å². The molecule has 0 saturated carbocycles. The summed E-state index contributed by atoms with van der Waals surface area (Å²) in [6, 6.07) is 9.13. The standard InChI is InChI=1S/C13H16N4O2S/c1-14-20(18,19)10-12-5-3-11(4-6-12)9-17-13-15-7-2-8-16-13/h2-8,14H,9-10H2,1H3,(H,15,16,17). The van der Waals surface area contributed by atoms with E-state index in [0.29, 0.717) is 12.5 Å². The second-order valence-corrected chi connectivity index (χ2v) is 6.13. The quantitative estimate of drug-likeness (QED) is 0.834. The van der Waals surface area contributed by atoms with Gasteiger partial charge in [0, 0.05) is 18.9 Å². The van der Waals surface area contributed by atoms with Crippen LogP contribution in [-0.4, -0.2) is 25.4 Å². The molecule has 2 N–H and O–H groups in total. The van der Waals surface area contributed by atoms with Crippen LogP contribution in [0.15, 0.2) is 42.7 Å². The van der Waals surface area contributed by atoms with Crippen LogP contribution in [0.3, 0.4) is 0 Å². The zero-order chi connectivity index (χ0) is 14.4. The zero-order valence-electron chi connectivity index (χ0n) is 11.1. The summed E-state index contributed by atoms with van der Waals surface area (Å²) in [5, 5.41) is 3.09. The number of hydrogen-bond acceptors (Lipinski definition) is 5. The monoisotopic (exact) mass is 292 g/mol. The molecule has 0 aliphatic heterocycles. The number of nitrogens with one attached hydrogen (secondary N) is 2. The van der Waals surface area contributed by atoms with E-state index < -0.39 is 10.0 Å². The summed E-state index contributed by atoms with van der Waals surface area (Å²) in [7, 11) is -1.82. The van der Waals surface area contributed by atoms with Crippen LogP contribution < -0.4 is 10.0 Å². The third kappa shape index (κ3) is 4.29. The van der Waals surface area contributed by atoms with Crippen molar-refractivity contribution in [3.8, 4) is 0 Å². The van der Waals surface area contributed by atoms with Crippen LogP contribution in [0.4, 0.5) is 5.95 Å². The molecule has 0 fully saturated rings. The van der Waals surface area contributed by atoms with Gasteiger partial charge in [-0.2, -0.15) is 0 Å². The summed E-state index contributed by atoms with van der Waals surface area (Å²) in [5.41, 5.74) is 1.78. The maximum Gasteiger partial charge on any atom is 0.222 e. The van der Waals surface area contributed by atoms with Crippen molar-refractivity contribution in [2.75, 3.05) is 12.4 Å². The van der Waals surface area contributed by atoms with Gasteiger partial charge in [-0.3, -0.25) is 0 Å². The molecule has 20 heavy (non-hydrogen) atoms. The molecule has 1 heterocycles. The van der Waals surface area contributed by atoms with Gasteiger partial charge < -0.3 is 5.32 Å². The van der Waals surface area contributed by atoms with Gasteiger partial charge in [-0.25, -0.2) is 23.1 Å². The van der Waals surface area contributed by atoms with Crippen LogP contribution in [0, 0.1) is 0 Å². The molecular weight excluding hydrogens is 276 g/mol. The van der Waals surface area contributed by atoms with Crippen LogP contribution in [-0.2, 0) is 22.3 Å². The second-order valence-electron chi connectivity index (χ2n) is 4.21. The van der Waals surface area contributed by atoms with Crippen LogP contribution in [0.1, 0.15) is 11.1 Å². The highest BCUT2D eigenvalue weighted by Crippen LogP contribution is 2.09. The molecule has 0 bridgehead atoms. The Bertz CT molecular complexity index is 642. The summed E-state index contributed by atoms with van der Waals surface area (Å²) in [4.78, 5) is 8.12. The Balaban J connectivity index is 1.95. The average molecular weight is 292 g/mol. The molecule has 1 aromatic carbocycles. The van der Waals surface area contributed by atoms with Crippen LogP contribution >= 0.6 is 0 Å². The molecule has 0 spiro atoms. The minimum atomic E-state index is -3.23. The molecule has 2 rings (SSSR count). The normalized spacial score (nSPS) is 11.2. The number of aromatic nitrogens is 2. The van der Waals surface area contributed by atoms with E-state index in [2.05, 4.69) is 20.0 Å². The molecule has 106 valence electrons. The second kappa shape index (κ2) is 6.44. The topological polar surface area (TPSA) is 84.0 Å². The first kappa shape index (κ1) is 14.4. The lowest BCUT2D eigenvalue weighted by atomic mass is 10.1. The summed E-state index contributed by atoms with van der Waals surface area (Å²) in [6.45, 7) is 0.586. The van der Waals surface area contributed by atoms with E-state index in [-0.39, 0.29) is 5.75 Å². The Kier molecular flexibility index (Phi) is 4.65. The molecule has 2 aromatic rings. The first-order valence-corrected chi connectivity index (χ1v) is 7.74. The Hall–Kier alpha value is -1.99. The van der Waals surface area contributed by atoms with Gasteiger partial charge >= 0.3 is 0 Å². The number of nitrogens with zero attached hydrogens (tertiary/aromatic N) is 2. The van der Waals surface area contributed by atoms with E-state index in [4.69, 9.17) is 0 Å². The average Bonchev–Trinajstić information content (AvgIpc) is 2.47. The van der Waals surface area contributed by atoms with Crippen molar-refractivity contribution in [3.63, 3.8) is 0 Å². The fraction of sp³-hybridized carbons (Fsp3) is 0.231. The van der Waals surface area contributed by atoms with Crippen molar-refractivity contribution in [1.29, 1.82) is 0 Å². The molecule has 0 unspecified atom stereocenters. The predicted octanol–water partition coefficient (Wildman–Crippen LogP) is 1.14. The summed E-state index contributed by atoms with van der Waals surface area (Å²) >= 11 is 0. The molecule has 6 nitrogen and oxygen atoms in total. The smallest absolute Gasteiger partial charge is 0.222 e. The van der Waals surface area contributed by atoms with Crippen molar-refractivity contribution in [2.45, 2.75) is 12.3 Å². The summed E-state index contributed by atoms with van der Waals surface area (Å²) < 4.78 is 25.1. The number of sulfonamides is 1. The van der Waals surface area contributed by atoms with Crippen LogP contribution in [0.2, 0.25) is 0 Å². The van der Waals surface area contributed by atoms with Crippen molar-refractivity contribution in [3.05, 3.63) is 53.9 Å². The van der Waals surface area contributed by atoms with Gasteiger partial charge in [0.05, 0.1) is 5.75 Å². The Labute approximate surface area is 118 Å². The van der Waals surface area contributed by atoms with Crippen molar-refractivity contribution < 1.29 is 8.42 Å². The van der Waals surface area contributed by atoms with E-state index in [1.165, 1.54) is 7.05 Å². The predicted molar refractivity (Wildman–Crippen MR) is 77.5 cm³/mol. The third-order valence-corrected chi connectivity index (χ3v) is 4.04. The van der Waals surface area contributed by atoms with Gasteiger partial charge in [0.25, 0.3) is 0 Å². The van der Waals surface area contributed by atoms with Gasteiger partial charge in [0.1, 0.15) is 0 Å². The number of hydrogen-bond donors (Lipinski definition) is 2. The van der Waals surface area contributed by atoms with E-state index in [9.17, 15) is 8.42 Å². The largest absolute Gasteiger partial charge is 0.350 e. The maximum absolute atomic E-state index is 11.4. The minimum Gasteiger partial charge on any atom is -0.350 e. The van der Waals surface area contributed by atoms with E-state index >= 15 is 0 Å². The van der Waals surface area contributed by atoms with Crippen molar-refractivity contribution in [1.82, 2.24) is 14.7 Å². The molecule has 0 atom stereocenters. The van der Waals surface area contributed by atoms with Gasteiger partial charge in [-0.1, -0.05) is 24.3 Å².